The summed E-state index contributed by atoms with van der Waals surface area (Å²) < 4.78 is 7.45. The van der Waals surface area contributed by atoms with Gasteiger partial charge in [0.1, 0.15) is 18.1 Å². The van der Waals surface area contributed by atoms with Crippen molar-refractivity contribution in [3.05, 3.63) is 54.3 Å². The lowest BCUT2D eigenvalue weighted by molar-refractivity contribution is 0.194. The summed E-state index contributed by atoms with van der Waals surface area (Å²) in [7, 11) is 2.03. The minimum atomic E-state index is 0.424. The standard InChI is InChI=1S/C20H24N6O/c1-4-17-19-14(13-27-20(17)22-3)12-26(24-19)16-5-6-18(23-11-16)25-9-7-15(21-2)8-10-25/h4-6,11-12,15,21H,1,3,7-10,13H2,2H3. The molecule has 2 aromatic heterocycles. The number of nitrogens with zero attached hydrogens (tertiary/aromatic N) is 5. The van der Waals surface area contributed by atoms with Crippen LogP contribution in [0, 0.1) is 0 Å². The lowest BCUT2D eigenvalue weighted by atomic mass is 10.1. The first-order valence-electron chi connectivity index (χ1n) is 9.17. The van der Waals surface area contributed by atoms with Gasteiger partial charge in [-0.25, -0.2) is 14.7 Å². The van der Waals surface area contributed by atoms with Crippen LogP contribution >= 0.6 is 0 Å². The molecular formula is C20H24N6O. The number of hydrogen-bond acceptors (Lipinski definition) is 6. The van der Waals surface area contributed by atoms with E-state index in [-0.39, 0.29) is 0 Å². The molecule has 0 unspecified atom stereocenters. The van der Waals surface area contributed by atoms with Gasteiger partial charge in [-0.2, -0.15) is 5.10 Å². The summed E-state index contributed by atoms with van der Waals surface area (Å²) in [5.74, 6) is 1.49. The molecule has 0 radical (unpaired) electrons. The number of fused-ring (bicyclic) bond motifs is 1. The largest absolute Gasteiger partial charge is 0.472 e. The number of ether oxygens (including phenoxy) is 1. The van der Waals surface area contributed by atoms with E-state index in [0.717, 1.165) is 54.3 Å². The Hall–Kier alpha value is -2.93. The molecule has 4 heterocycles. The van der Waals surface area contributed by atoms with Crippen LogP contribution in [-0.2, 0) is 11.3 Å². The van der Waals surface area contributed by atoms with Gasteiger partial charge >= 0.3 is 0 Å². The molecule has 0 atom stereocenters. The van der Waals surface area contributed by atoms with E-state index in [0.29, 0.717) is 18.5 Å². The van der Waals surface area contributed by atoms with Crippen LogP contribution in [-0.4, -0.2) is 47.7 Å². The van der Waals surface area contributed by atoms with Crippen LogP contribution in [0.4, 0.5) is 5.82 Å². The zero-order valence-corrected chi connectivity index (χ0v) is 15.6. The maximum absolute atomic E-state index is 5.62. The normalized spacial score (nSPS) is 17.4. The van der Waals surface area contributed by atoms with Gasteiger partial charge in [-0.1, -0.05) is 12.7 Å². The molecule has 0 amide bonds. The molecule has 1 N–H and O–H groups in total. The first-order chi connectivity index (χ1) is 13.2. The zero-order valence-electron chi connectivity index (χ0n) is 15.6. The van der Waals surface area contributed by atoms with E-state index < -0.39 is 0 Å². The van der Waals surface area contributed by atoms with E-state index in [1.54, 1.807) is 6.08 Å². The zero-order chi connectivity index (χ0) is 18.8. The Morgan fingerprint density at radius 3 is 2.78 bits per heavy atom. The molecular weight excluding hydrogens is 340 g/mol. The van der Waals surface area contributed by atoms with Gasteiger partial charge in [-0.05, 0) is 38.7 Å². The van der Waals surface area contributed by atoms with Crippen molar-refractivity contribution >= 4 is 18.1 Å². The Morgan fingerprint density at radius 1 is 1.33 bits per heavy atom. The van der Waals surface area contributed by atoms with E-state index >= 15 is 0 Å². The van der Waals surface area contributed by atoms with Crippen LogP contribution in [0.25, 0.3) is 11.3 Å². The smallest absolute Gasteiger partial charge is 0.222 e. The van der Waals surface area contributed by atoms with Gasteiger partial charge in [0.2, 0.25) is 5.88 Å². The number of anilines is 1. The van der Waals surface area contributed by atoms with Gasteiger partial charge < -0.3 is 15.0 Å². The van der Waals surface area contributed by atoms with Crippen molar-refractivity contribution in [3.63, 3.8) is 0 Å². The SMILES string of the molecule is C=CC1=C(N=C)OCc2cn(-c3ccc(N4CCC(NC)CC4)nc3)nc21. The summed E-state index contributed by atoms with van der Waals surface area (Å²) in [6, 6.07) is 4.73. The fourth-order valence-corrected chi connectivity index (χ4v) is 3.61. The fourth-order valence-electron chi connectivity index (χ4n) is 3.61. The highest BCUT2D eigenvalue weighted by atomic mass is 16.5. The Kier molecular flexibility index (Phi) is 4.77. The fraction of sp³-hybridized carbons (Fsp3) is 0.350. The van der Waals surface area contributed by atoms with Crippen molar-refractivity contribution in [1.82, 2.24) is 20.1 Å². The predicted octanol–water partition coefficient (Wildman–Crippen LogP) is 2.54. The molecule has 0 aromatic carbocycles. The maximum Gasteiger partial charge on any atom is 0.222 e. The second-order valence-corrected chi connectivity index (χ2v) is 6.74. The van der Waals surface area contributed by atoms with E-state index in [4.69, 9.17) is 9.84 Å². The van der Waals surface area contributed by atoms with Crippen molar-refractivity contribution in [3.8, 4) is 5.69 Å². The number of hydrogen-bond donors (Lipinski definition) is 1. The van der Waals surface area contributed by atoms with Gasteiger partial charge in [-0.3, -0.25) is 0 Å². The van der Waals surface area contributed by atoms with Crippen LogP contribution in [0.3, 0.4) is 0 Å². The van der Waals surface area contributed by atoms with Crippen molar-refractivity contribution in [2.75, 3.05) is 25.0 Å². The van der Waals surface area contributed by atoms with Crippen molar-refractivity contribution in [2.24, 2.45) is 4.99 Å². The Balaban J connectivity index is 1.56. The third-order valence-corrected chi connectivity index (χ3v) is 5.21. The highest BCUT2D eigenvalue weighted by molar-refractivity contribution is 5.76. The molecule has 27 heavy (non-hydrogen) atoms. The molecule has 4 rings (SSSR count). The topological polar surface area (TPSA) is 67.6 Å². The molecule has 0 saturated carbocycles. The van der Waals surface area contributed by atoms with Gasteiger partial charge in [0.25, 0.3) is 0 Å². The first kappa shape index (κ1) is 17.5. The van der Waals surface area contributed by atoms with Gasteiger partial charge in [-0.15, -0.1) is 0 Å². The molecule has 140 valence electrons. The lowest BCUT2D eigenvalue weighted by Crippen LogP contribution is -2.41. The Bertz CT molecular complexity index is 874. The molecule has 2 aromatic rings. The van der Waals surface area contributed by atoms with E-state index in [1.165, 1.54) is 0 Å². The van der Waals surface area contributed by atoms with Crippen LogP contribution in [0.5, 0.6) is 0 Å². The van der Waals surface area contributed by atoms with Gasteiger partial charge in [0.15, 0.2) is 0 Å². The average molecular weight is 364 g/mol. The van der Waals surface area contributed by atoms with Gasteiger partial charge in [0, 0.05) is 30.9 Å². The highest BCUT2D eigenvalue weighted by Crippen LogP contribution is 2.30. The summed E-state index contributed by atoms with van der Waals surface area (Å²) in [5.41, 5.74) is 3.50. The summed E-state index contributed by atoms with van der Waals surface area (Å²) in [6.45, 7) is 9.86. The quantitative estimate of drug-likeness (QED) is 0.826. The first-order valence-corrected chi connectivity index (χ1v) is 9.17. The van der Waals surface area contributed by atoms with Gasteiger partial charge in [0.05, 0.1) is 17.5 Å². The lowest BCUT2D eigenvalue weighted by Gasteiger charge is -2.32. The molecule has 1 saturated heterocycles. The number of aromatic nitrogens is 3. The second-order valence-electron chi connectivity index (χ2n) is 6.74. The number of aliphatic imine (C=N–C) groups is 1. The number of pyridine rings is 1. The molecule has 0 bridgehead atoms. The van der Waals surface area contributed by atoms with Crippen molar-refractivity contribution < 1.29 is 4.74 Å². The Labute approximate surface area is 159 Å². The number of rotatable bonds is 5. The van der Waals surface area contributed by atoms with Crippen molar-refractivity contribution in [1.29, 1.82) is 0 Å². The highest BCUT2D eigenvalue weighted by Gasteiger charge is 2.22. The van der Waals surface area contributed by atoms with Crippen LogP contribution in [0.1, 0.15) is 24.1 Å². The van der Waals surface area contributed by atoms with E-state index in [9.17, 15) is 0 Å². The van der Waals surface area contributed by atoms with E-state index in [2.05, 4.69) is 45.6 Å². The minimum absolute atomic E-state index is 0.424. The number of nitrogens with one attached hydrogen (secondary N) is 1. The molecule has 7 heteroatoms. The summed E-state index contributed by atoms with van der Waals surface area (Å²) in [5, 5.41) is 8.05. The van der Waals surface area contributed by atoms with E-state index in [1.807, 2.05) is 24.1 Å². The van der Waals surface area contributed by atoms with Crippen LogP contribution < -0.4 is 10.2 Å². The third-order valence-electron chi connectivity index (χ3n) is 5.21. The summed E-state index contributed by atoms with van der Waals surface area (Å²) in [4.78, 5) is 10.9. The second kappa shape index (κ2) is 7.36. The number of piperidine rings is 1. The molecule has 2 aliphatic heterocycles. The third kappa shape index (κ3) is 3.26. The molecule has 2 aliphatic rings. The minimum Gasteiger partial charge on any atom is -0.472 e. The summed E-state index contributed by atoms with van der Waals surface area (Å²) in [6.07, 6.45) is 7.82. The molecule has 0 aliphatic carbocycles. The van der Waals surface area contributed by atoms with Crippen LogP contribution in [0.15, 0.2) is 48.1 Å². The monoisotopic (exact) mass is 364 g/mol. The summed E-state index contributed by atoms with van der Waals surface area (Å²) >= 11 is 0. The van der Waals surface area contributed by atoms with Crippen molar-refractivity contribution in [2.45, 2.75) is 25.5 Å². The Morgan fingerprint density at radius 2 is 2.15 bits per heavy atom. The predicted molar refractivity (Wildman–Crippen MR) is 107 cm³/mol. The van der Waals surface area contributed by atoms with Crippen LogP contribution in [0.2, 0.25) is 0 Å². The average Bonchev–Trinajstić information content (AvgIpc) is 3.17. The molecule has 7 nitrogen and oxygen atoms in total. The molecule has 0 spiro atoms. The maximum atomic E-state index is 5.62. The molecule has 1 fully saturated rings. The number of allylic oxidation sites excluding steroid dienone is 2.